The number of imide groups is 2. The van der Waals surface area contributed by atoms with Crippen molar-refractivity contribution in [3.8, 4) is 0 Å². The standard InChI is InChI=1S/C20H24N4O4/c1-11-12(2)23(8-7-21-11)10-13-3-4-14-15(9-13)20(28)24(19(14)27)16-5-6-17(25)22-18(16)26/h3-4,9,11-12,16,21H,5-8,10H2,1-2H3,(H,22,25,26)/t11-,12+,16?/m1/s1. The van der Waals surface area contributed by atoms with Crippen molar-refractivity contribution in [3.63, 3.8) is 0 Å². The molecule has 2 fully saturated rings. The Morgan fingerprint density at radius 1 is 1.07 bits per heavy atom. The van der Waals surface area contributed by atoms with Gasteiger partial charge in [0.2, 0.25) is 11.8 Å². The summed E-state index contributed by atoms with van der Waals surface area (Å²) in [5, 5.41) is 5.65. The van der Waals surface area contributed by atoms with Gasteiger partial charge in [0.05, 0.1) is 11.1 Å². The van der Waals surface area contributed by atoms with Crippen LogP contribution in [-0.4, -0.2) is 64.6 Å². The molecule has 0 saturated carbocycles. The molecule has 0 aliphatic carbocycles. The largest absolute Gasteiger partial charge is 0.311 e. The Morgan fingerprint density at radius 3 is 2.57 bits per heavy atom. The van der Waals surface area contributed by atoms with Crippen LogP contribution in [0.1, 0.15) is 53.0 Å². The van der Waals surface area contributed by atoms with Crippen molar-refractivity contribution in [2.45, 2.75) is 51.4 Å². The summed E-state index contributed by atoms with van der Waals surface area (Å²) in [4.78, 5) is 52.5. The molecule has 0 aromatic heterocycles. The maximum Gasteiger partial charge on any atom is 0.262 e. The average molecular weight is 384 g/mol. The number of amides is 4. The topological polar surface area (TPSA) is 98.8 Å². The highest BCUT2D eigenvalue weighted by Crippen LogP contribution is 2.29. The van der Waals surface area contributed by atoms with Crippen LogP contribution >= 0.6 is 0 Å². The van der Waals surface area contributed by atoms with Crippen LogP contribution in [0.3, 0.4) is 0 Å². The lowest BCUT2D eigenvalue weighted by molar-refractivity contribution is -0.136. The minimum absolute atomic E-state index is 0.119. The molecule has 3 aliphatic heterocycles. The van der Waals surface area contributed by atoms with Gasteiger partial charge < -0.3 is 5.32 Å². The summed E-state index contributed by atoms with van der Waals surface area (Å²) in [6, 6.07) is 5.13. The molecule has 2 saturated heterocycles. The fraction of sp³-hybridized carbons (Fsp3) is 0.500. The van der Waals surface area contributed by atoms with Crippen molar-refractivity contribution in [3.05, 3.63) is 34.9 Å². The van der Waals surface area contributed by atoms with Crippen molar-refractivity contribution >= 4 is 23.6 Å². The average Bonchev–Trinajstić information content (AvgIpc) is 2.90. The zero-order valence-electron chi connectivity index (χ0n) is 16.0. The number of carbonyl (C=O) groups is 4. The Labute approximate surface area is 163 Å². The van der Waals surface area contributed by atoms with E-state index in [9.17, 15) is 19.2 Å². The van der Waals surface area contributed by atoms with E-state index in [1.807, 2.05) is 6.07 Å². The molecule has 2 N–H and O–H groups in total. The summed E-state index contributed by atoms with van der Waals surface area (Å²) >= 11 is 0. The maximum absolute atomic E-state index is 12.9. The quantitative estimate of drug-likeness (QED) is 0.726. The van der Waals surface area contributed by atoms with Gasteiger partial charge in [0.15, 0.2) is 0 Å². The van der Waals surface area contributed by atoms with Crippen LogP contribution in [0.15, 0.2) is 18.2 Å². The lowest BCUT2D eigenvalue weighted by Crippen LogP contribution is -2.54. The third-order valence-corrected chi connectivity index (χ3v) is 6.05. The molecular formula is C20H24N4O4. The molecule has 3 aliphatic rings. The monoisotopic (exact) mass is 384 g/mol. The van der Waals surface area contributed by atoms with Gasteiger partial charge in [0.25, 0.3) is 11.8 Å². The van der Waals surface area contributed by atoms with Gasteiger partial charge >= 0.3 is 0 Å². The molecule has 1 aromatic carbocycles. The molecule has 148 valence electrons. The Bertz CT molecular complexity index is 868. The number of hydrogen-bond donors (Lipinski definition) is 2. The lowest BCUT2D eigenvalue weighted by atomic mass is 10.0. The van der Waals surface area contributed by atoms with Crippen LogP contribution < -0.4 is 10.6 Å². The van der Waals surface area contributed by atoms with Gasteiger partial charge in [0, 0.05) is 38.1 Å². The molecule has 3 atom stereocenters. The Morgan fingerprint density at radius 2 is 1.82 bits per heavy atom. The second kappa shape index (κ2) is 7.10. The van der Waals surface area contributed by atoms with E-state index in [1.54, 1.807) is 12.1 Å². The molecule has 8 heteroatoms. The minimum atomic E-state index is -0.928. The van der Waals surface area contributed by atoms with Gasteiger partial charge in [-0.25, -0.2) is 0 Å². The van der Waals surface area contributed by atoms with Gasteiger partial charge in [-0.15, -0.1) is 0 Å². The molecule has 4 amide bonds. The van der Waals surface area contributed by atoms with Crippen LogP contribution in [0.5, 0.6) is 0 Å². The molecule has 4 rings (SSSR count). The van der Waals surface area contributed by atoms with E-state index in [2.05, 4.69) is 29.4 Å². The molecule has 0 spiro atoms. The Hall–Kier alpha value is -2.58. The zero-order valence-corrected chi connectivity index (χ0v) is 16.0. The smallest absolute Gasteiger partial charge is 0.262 e. The fourth-order valence-electron chi connectivity index (χ4n) is 4.20. The minimum Gasteiger partial charge on any atom is -0.311 e. The SMILES string of the molecule is C[C@H]1NCCN(Cc2ccc3c(c2)C(=O)N(C2CCC(=O)NC2=O)C3=O)[C@H]1C. The molecule has 8 nitrogen and oxygen atoms in total. The molecule has 3 heterocycles. The predicted molar refractivity (Wildman–Crippen MR) is 100 cm³/mol. The molecule has 28 heavy (non-hydrogen) atoms. The van der Waals surface area contributed by atoms with Gasteiger partial charge in [-0.2, -0.15) is 0 Å². The second-order valence-corrected chi connectivity index (χ2v) is 7.78. The number of piperazine rings is 1. The summed E-state index contributed by atoms with van der Waals surface area (Å²) in [5.41, 5.74) is 1.62. The highest BCUT2D eigenvalue weighted by atomic mass is 16.2. The summed E-state index contributed by atoms with van der Waals surface area (Å²) in [7, 11) is 0. The first-order valence-electron chi connectivity index (χ1n) is 9.68. The van der Waals surface area contributed by atoms with Gasteiger partial charge in [-0.05, 0) is 38.0 Å². The third-order valence-electron chi connectivity index (χ3n) is 6.05. The van der Waals surface area contributed by atoms with Crippen LogP contribution in [-0.2, 0) is 16.1 Å². The van der Waals surface area contributed by atoms with Crippen molar-refractivity contribution in [1.82, 2.24) is 20.4 Å². The van der Waals surface area contributed by atoms with Gasteiger partial charge in [-0.3, -0.25) is 34.3 Å². The molecule has 1 unspecified atom stereocenters. The van der Waals surface area contributed by atoms with Crippen LogP contribution in [0.4, 0.5) is 0 Å². The maximum atomic E-state index is 12.9. The van der Waals surface area contributed by atoms with Gasteiger partial charge in [0.1, 0.15) is 6.04 Å². The van der Waals surface area contributed by atoms with Crippen LogP contribution in [0.25, 0.3) is 0 Å². The molecular weight excluding hydrogens is 360 g/mol. The molecule has 1 aromatic rings. The third kappa shape index (κ3) is 3.12. The number of hydrogen-bond acceptors (Lipinski definition) is 6. The van der Waals surface area contributed by atoms with E-state index in [-0.39, 0.29) is 18.7 Å². The summed E-state index contributed by atoms with van der Waals surface area (Å²) in [6.45, 7) is 6.85. The summed E-state index contributed by atoms with van der Waals surface area (Å²) < 4.78 is 0. The van der Waals surface area contributed by atoms with Crippen molar-refractivity contribution in [2.75, 3.05) is 13.1 Å². The number of nitrogens with zero attached hydrogens (tertiary/aromatic N) is 2. The van der Waals surface area contributed by atoms with Gasteiger partial charge in [-0.1, -0.05) is 6.07 Å². The number of carbonyl (C=O) groups excluding carboxylic acids is 4. The number of nitrogens with one attached hydrogen (secondary N) is 2. The lowest BCUT2D eigenvalue weighted by Gasteiger charge is -2.38. The first-order valence-corrected chi connectivity index (χ1v) is 9.68. The van der Waals surface area contributed by atoms with Crippen molar-refractivity contribution < 1.29 is 19.2 Å². The van der Waals surface area contributed by atoms with E-state index >= 15 is 0 Å². The fourth-order valence-corrected chi connectivity index (χ4v) is 4.20. The normalized spacial score (nSPS) is 28.5. The van der Waals surface area contributed by atoms with Crippen molar-refractivity contribution in [2.24, 2.45) is 0 Å². The Kier molecular flexibility index (Phi) is 4.76. The van der Waals surface area contributed by atoms with E-state index in [4.69, 9.17) is 0 Å². The first kappa shape index (κ1) is 18.8. The summed E-state index contributed by atoms with van der Waals surface area (Å²) in [6.07, 6.45) is 0.285. The highest BCUT2D eigenvalue weighted by Gasteiger charge is 2.44. The van der Waals surface area contributed by atoms with E-state index in [0.29, 0.717) is 29.8 Å². The zero-order chi connectivity index (χ0) is 20.0. The van der Waals surface area contributed by atoms with Crippen LogP contribution in [0, 0.1) is 0 Å². The molecule has 0 bridgehead atoms. The van der Waals surface area contributed by atoms with Crippen molar-refractivity contribution in [1.29, 1.82) is 0 Å². The summed E-state index contributed by atoms with van der Waals surface area (Å²) in [5.74, 6) is -1.89. The number of benzene rings is 1. The number of fused-ring (bicyclic) bond motifs is 1. The first-order chi connectivity index (χ1) is 13.4. The number of rotatable bonds is 3. The van der Waals surface area contributed by atoms with E-state index in [0.717, 1.165) is 23.6 Å². The van der Waals surface area contributed by atoms with E-state index in [1.165, 1.54) is 0 Å². The molecule has 0 radical (unpaired) electrons. The highest BCUT2D eigenvalue weighted by molar-refractivity contribution is 6.23. The van der Waals surface area contributed by atoms with E-state index < -0.39 is 23.8 Å². The van der Waals surface area contributed by atoms with Crippen LogP contribution in [0.2, 0.25) is 0 Å². The second-order valence-electron chi connectivity index (χ2n) is 7.78. The predicted octanol–water partition coefficient (Wildman–Crippen LogP) is 0.270. The number of piperidine rings is 1. The Balaban J connectivity index is 1.56.